The van der Waals surface area contributed by atoms with Gasteiger partial charge in [0.1, 0.15) is 5.54 Å². The predicted molar refractivity (Wildman–Crippen MR) is 87.6 cm³/mol. The minimum absolute atomic E-state index is 0.565. The summed E-state index contributed by atoms with van der Waals surface area (Å²) in [7, 11) is 0. The summed E-state index contributed by atoms with van der Waals surface area (Å²) in [5, 5.41) is 12.5. The zero-order valence-corrected chi connectivity index (χ0v) is 14.4. The first-order chi connectivity index (χ1) is 9.91. The average molecular weight is 298 g/mol. The third-order valence-corrected chi connectivity index (χ3v) is 5.61. The van der Waals surface area contributed by atoms with E-state index in [1.165, 1.54) is 38.8 Å². The Bertz CT molecular complexity index is 319. The molecule has 0 aliphatic carbocycles. The Kier molecular flexibility index (Phi) is 7.14. The maximum absolute atomic E-state index is 11.4. The molecule has 1 atom stereocenters. The van der Waals surface area contributed by atoms with Gasteiger partial charge in [-0.2, -0.15) is 0 Å². The molecule has 0 spiro atoms. The highest BCUT2D eigenvalue weighted by molar-refractivity contribution is 5.78. The van der Waals surface area contributed by atoms with Crippen LogP contribution < -0.4 is 5.32 Å². The number of hydrogen-bond acceptors (Lipinski definition) is 3. The standard InChI is InChI=1S/C17H34N2O2/c1-5-17(6-2)10-13-19(14-11-17)12-8-9-16(4,15(20)21)18-7-3/h18H,5-14H2,1-4H3,(H,20,21). The van der Waals surface area contributed by atoms with Crippen molar-refractivity contribution >= 4 is 5.97 Å². The first-order valence-corrected chi connectivity index (χ1v) is 8.62. The number of aliphatic carboxylic acids is 1. The highest BCUT2D eigenvalue weighted by Crippen LogP contribution is 2.37. The van der Waals surface area contributed by atoms with Crippen molar-refractivity contribution in [3.05, 3.63) is 0 Å². The molecule has 1 saturated heterocycles. The zero-order chi connectivity index (χ0) is 15.9. The van der Waals surface area contributed by atoms with E-state index in [0.29, 0.717) is 18.4 Å². The summed E-state index contributed by atoms with van der Waals surface area (Å²) in [5.74, 6) is -0.737. The number of piperidine rings is 1. The predicted octanol–water partition coefficient (Wildman–Crippen LogP) is 3.12. The third-order valence-electron chi connectivity index (χ3n) is 5.61. The molecular weight excluding hydrogens is 264 g/mol. The molecule has 1 rings (SSSR count). The maximum Gasteiger partial charge on any atom is 0.323 e. The molecule has 0 amide bonds. The van der Waals surface area contributed by atoms with Crippen molar-refractivity contribution in [2.45, 2.75) is 71.8 Å². The molecule has 0 aromatic carbocycles. The molecule has 21 heavy (non-hydrogen) atoms. The number of hydrogen-bond donors (Lipinski definition) is 2. The third kappa shape index (κ3) is 4.96. The number of likely N-dealkylation sites (N-methyl/N-ethyl adjacent to an activating group) is 1. The normalized spacial score (nSPS) is 21.9. The summed E-state index contributed by atoms with van der Waals surface area (Å²) in [5.41, 5.74) is -0.211. The maximum atomic E-state index is 11.4. The molecule has 1 fully saturated rings. The lowest BCUT2D eigenvalue weighted by molar-refractivity contribution is -0.144. The number of nitrogens with zero attached hydrogens (tertiary/aromatic N) is 1. The van der Waals surface area contributed by atoms with Crippen molar-refractivity contribution in [2.75, 3.05) is 26.2 Å². The summed E-state index contributed by atoms with van der Waals surface area (Å²) in [6.45, 7) is 12.5. The Morgan fingerprint density at radius 1 is 1.24 bits per heavy atom. The van der Waals surface area contributed by atoms with E-state index in [0.717, 1.165) is 13.0 Å². The van der Waals surface area contributed by atoms with E-state index in [4.69, 9.17) is 0 Å². The summed E-state index contributed by atoms with van der Waals surface area (Å²) < 4.78 is 0. The largest absolute Gasteiger partial charge is 0.480 e. The van der Waals surface area contributed by atoms with Crippen LogP contribution >= 0.6 is 0 Å². The summed E-state index contributed by atoms with van der Waals surface area (Å²) in [4.78, 5) is 13.9. The molecule has 0 bridgehead atoms. The number of carboxylic acid groups (broad SMARTS) is 1. The topological polar surface area (TPSA) is 52.6 Å². The van der Waals surface area contributed by atoms with Crippen molar-refractivity contribution in [3.8, 4) is 0 Å². The van der Waals surface area contributed by atoms with E-state index >= 15 is 0 Å². The fraction of sp³-hybridized carbons (Fsp3) is 0.941. The van der Waals surface area contributed by atoms with Gasteiger partial charge in [-0.05, 0) is 64.2 Å². The van der Waals surface area contributed by atoms with Gasteiger partial charge in [-0.3, -0.25) is 4.79 Å². The van der Waals surface area contributed by atoms with Gasteiger partial charge in [-0.1, -0.05) is 33.6 Å². The minimum atomic E-state index is -0.777. The summed E-state index contributed by atoms with van der Waals surface area (Å²) >= 11 is 0. The number of rotatable bonds is 9. The van der Waals surface area contributed by atoms with E-state index in [1.54, 1.807) is 6.92 Å². The van der Waals surface area contributed by atoms with Crippen LogP contribution in [0.2, 0.25) is 0 Å². The van der Waals surface area contributed by atoms with Crippen LogP contribution in [0.4, 0.5) is 0 Å². The van der Waals surface area contributed by atoms with Crippen molar-refractivity contribution in [3.63, 3.8) is 0 Å². The molecule has 124 valence electrons. The van der Waals surface area contributed by atoms with Crippen LogP contribution in [0.5, 0.6) is 0 Å². The van der Waals surface area contributed by atoms with Crippen LogP contribution in [0, 0.1) is 5.41 Å². The SMILES string of the molecule is CCNC(C)(CCCN1CCC(CC)(CC)CC1)C(=O)O. The fourth-order valence-electron chi connectivity index (χ4n) is 3.53. The number of likely N-dealkylation sites (tertiary alicyclic amines) is 1. The summed E-state index contributed by atoms with van der Waals surface area (Å²) in [6.07, 6.45) is 6.80. The molecule has 4 heteroatoms. The molecule has 1 unspecified atom stereocenters. The molecule has 0 aromatic rings. The second-order valence-corrected chi connectivity index (χ2v) is 6.82. The van der Waals surface area contributed by atoms with E-state index in [9.17, 15) is 9.90 Å². The Morgan fingerprint density at radius 3 is 2.24 bits per heavy atom. The van der Waals surface area contributed by atoms with Crippen molar-refractivity contribution < 1.29 is 9.90 Å². The molecule has 4 nitrogen and oxygen atoms in total. The van der Waals surface area contributed by atoms with Gasteiger partial charge in [0.15, 0.2) is 0 Å². The van der Waals surface area contributed by atoms with E-state index in [-0.39, 0.29) is 0 Å². The lowest BCUT2D eigenvalue weighted by Gasteiger charge is -2.41. The average Bonchev–Trinajstić information content (AvgIpc) is 2.48. The van der Waals surface area contributed by atoms with Crippen LogP contribution in [-0.4, -0.2) is 47.7 Å². The monoisotopic (exact) mass is 298 g/mol. The lowest BCUT2D eigenvalue weighted by Crippen LogP contribution is -2.50. The fourth-order valence-corrected chi connectivity index (χ4v) is 3.53. The van der Waals surface area contributed by atoms with E-state index in [1.807, 2.05) is 6.92 Å². The van der Waals surface area contributed by atoms with Crippen molar-refractivity contribution in [2.24, 2.45) is 5.41 Å². The van der Waals surface area contributed by atoms with Gasteiger partial charge in [-0.25, -0.2) is 0 Å². The smallest absolute Gasteiger partial charge is 0.323 e. The highest BCUT2D eigenvalue weighted by atomic mass is 16.4. The molecule has 0 saturated carbocycles. The van der Waals surface area contributed by atoms with Gasteiger partial charge in [0.05, 0.1) is 0 Å². The Hall–Kier alpha value is -0.610. The Labute approximate surface area is 130 Å². The molecule has 1 aliphatic rings. The molecule has 0 radical (unpaired) electrons. The number of carboxylic acids is 1. The van der Waals surface area contributed by atoms with E-state index < -0.39 is 11.5 Å². The zero-order valence-electron chi connectivity index (χ0n) is 14.4. The Morgan fingerprint density at radius 2 is 1.81 bits per heavy atom. The highest BCUT2D eigenvalue weighted by Gasteiger charge is 2.33. The van der Waals surface area contributed by atoms with Gasteiger partial charge in [0.25, 0.3) is 0 Å². The molecule has 0 aromatic heterocycles. The first kappa shape index (κ1) is 18.4. The second kappa shape index (κ2) is 8.14. The van der Waals surface area contributed by atoms with Crippen LogP contribution in [0.15, 0.2) is 0 Å². The van der Waals surface area contributed by atoms with Crippen molar-refractivity contribution in [1.82, 2.24) is 10.2 Å². The second-order valence-electron chi connectivity index (χ2n) is 6.82. The van der Waals surface area contributed by atoms with Crippen LogP contribution in [0.3, 0.4) is 0 Å². The van der Waals surface area contributed by atoms with Crippen LogP contribution in [0.25, 0.3) is 0 Å². The number of nitrogens with one attached hydrogen (secondary N) is 1. The van der Waals surface area contributed by atoms with Gasteiger partial charge < -0.3 is 15.3 Å². The molecule has 2 N–H and O–H groups in total. The first-order valence-electron chi connectivity index (χ1n) is 8.62. The quantitative estimate of drug-likeness (QED) is 0.687. The Balaban J connectivity index is 2.36. The molecular formula is C17H34N2O2. The molecule has 1 aliphatic heterocycles. The summed E-state index contributed by atoms with van der Waals surface area (Å²) in [6, 6.07) is 0. The van der Waals surface area contributed by atoms with E-state index in [2.05, 4.69) is 24.1 Å². The van der Waals surface area contributed by atoms with Gasteiger partial charge in [-0.15, -0.1) is 0 Å². The lowest BCUT2D eigenvalue weighted by atomic mass is 9.74. The van der Waals surface area contributed by atoms with Gasteiger partial charge in [0.2, 0.25) is 0 Å². The van der Waals surface area contributed by atoms with Crippen molar-refractivity contribution in [1.29, 1.82) is 0 Å². The number of carbonyl (C=O) groups is 1. The molecule has 1 heterocycles. The van der Waals surface area contributed by atoms with Crippen LogP contribution in [0.1, 0.15) is 66.2 Å². The van der Waals surface area contributed by atoms with Gasteiger partial charge >= 0.3 is 5.97 Å². The van der Waals surface area contributed by atoms with Crippen LogP contribution in [-0.2, 0) is 4.79 Å². The minimum Gasteiger partial charge on any atom is -0.480 e. The van der Waals surface area contributed by atoms with Gasteiger partial charge in [0, 0.05) is 0 Å².